The molecule has 1 N–H and O–H groups in total. The summed E-state index contributed by atoms with van der Waals surface area (Å²) in [6.07, 6.45) is 3.03. The van der Waals surface area contributed by atoms with E-state index in [0.717, 1.165) is 31.7 Å². The van der Waals surface area contributed by atoms with Gasteiger partial charge in [0.15, 0.2) is 0 Å². The van der Waals surface area contributed by atoms with E-state index in [2.05, 4.69) is 4.90 Å². The van der Waals surface area contributed by atoms with E-state index in [1.165, 1.54) is 12.5 Å². The van der Waals surface area contributed by atoms with Crippen molar-refractivity contribution in [1.82, 2.24) is 9.80 Å². The van der Waals surface area contributed by atoms with E-state index in [0.29, 0.717) is 0 Å². The van der Waals surface area contributed by atoms with Crippen LogP contribution in [0.2, 0.25) is 0 Å². The summed E-state index contributed by atoms with van der Waals surface area (Å²) >= 11 is 0. The molecule has 1 atom stereocenters. The third-order valence-corrected chi connectivity index (χ3v) is 3.00. The molecule has 0 aromatic carbocycles. The maximum Gasteiger partial charge on any atom is 0.325 e. The summed E-state index contributed by atoms with van der Waals surface area (Å²) in [7, 11) is 2.05. The van der Waals surface area contributed by atoms with Gasteiger partial charge in [0.2, 0.25) is 0 Å². The minimum absolute atomic E-state index is 0.576. The third-order valence-electron chi connectivity index (χ3n) is 3.00. The third kappa shape index (κ3) is 2.25. The normalized spacial score (nSPS) is 20.8. The predicted molar refractivity (Wildman–Crippen MR) is 58.2 cm³/mol. The molecule has 1 aromatic rings. The molecule has 5 nitrogen and oxygen atoms in total. The molecular formula is C11H16N2O3. The molecule has 1 fully saturated rings. The highest BCUT2D eigenvalue weighted by molar-refractivity contribution is 5.75. The summed E-state index contributed by atoms with van der Waals surface area (Å²) in [5.74, 6) is -0.814. The van der Waals surface area contributed by atoms with E-state index < -0.39 is 12.0 Å². The van der Waals surface area contributed by atoms with Gasteiger partial charge >= 0.3 is 5.97 Å². The Hall–Kier alpha value is -1.33. The Morgan fingerprint density at radius 2 is 2.12 bits per heavy atom. The second-order valence-corrected chi connectivity index (χ2v) is 4.14. The Bertz CT molecular complexity index is 342. The fourth-order valence-corrected chi connectivity index (χ4v) is 2.02. The zero-order valence-corrected chi connectivity index (χ0v) is 9.30. The molecule has 1 saturated heterocycles. The topological polar surface area (TPSA) is 56.9 Å². The summed E-state index contributed by atoms with van der Waals surface area (Å²) in [5, 5.41) is 9.27. The first-order chi connectivity index (χ1) is 7.68. The van der Waals surface area contributed by atoms with Crippen LogP contribution >= 0.6 is 0 Å². The van der Waals surface area contributed by atoms with Crippen LogP contribution in [-0.4, -0.2) is 54.1 Å². The van der Waals surface area contributed by atoms with E-state index in [1.54, 1.807) is 6.07 Å². The molecule has 0 spiro atoms. The van der Waals surface area contributed by atoms with Crippen LogP contribution < -0.4 is 0 Å². The van der Waals surface area contributed by atoms with E-state index >= 15 is 0 Å². The average Bonchev–Trinajstić information content (AvgIpc) is 2.74. The lowest BCUT2D eigenvalue weighted by atomic mass is 10.1. The lowest BCUT2D eigenvalue weighted by Gasteiger charge is -2.35. The van der Waals surface area contributed by atoms with Crippen LogP contribution in [0.1, 0.15) is 11.6 Å². The second-order valence-electron chi connectivity index (χ2n) is 4.14. The smallest absolute Gasteiger partial charge is 0.325 e. The van der Waals surface area contributed by atoms with Gasteiger partial charge in [-0.25, -0.2) is 0 Å². The van der Waals surface area contributed by atoms with Crippen LogP contribution in [-0.2, 0) is 4.79 Å². The number of piperazine rings is 1. The Morgan fingerprint density at radius 3 is 2.62 bits per heavy atom. The van der Waals surface area contributed by atoms with Gasteiger partial charge in [0.1, 0.15) is 6.04 Å². The SMILES string of the molecule is CN1CCN(C(C(=O)O)c2ccoc2)CC1. The van der Waals surface area contributed by atoms with E-state index in [9.17, 15) is 9.90 Å². The predicted octanol–water partition coefficient (Wildman–Crippen LogP) is 0.653. The lowest BCUT2D eigenvalue weighted by Crippen LogP contribution is -2.47. The quantitative estimate of drug-likeness (QED) is 0.817. The Balaban J connectivity index is 2.11. The van der Waals surface area contributed by atoms with Gasteiger partial charge in [0.05, 0.1) is 12.5 Å². The Labute approximate surface area is 94.2 Å². The van der Waals surface area contributed by atoms with Crippen molar-refractivity contribution in [2.45, 2.75) is 6.04 Å². The molecule has 5 heteroatoms. The largest absolute Gasteiger partial charge is 0.480 e. The molecular weight excluding hydrogens is 208 g/mol. The molecule has 0 bridgehead atoms. The van der Waals surface area contributed by atoms with Crippen LogP contribution in [0.25, 0.3) is 0 Å². The number of likely N-dealkylation sites (N-methyl/N-ethyl adjacent to an activating group) is 1. The minimum Gasteiger partial charge on any atom is -0.480 e. The maximum atomic E-state index is 11.3. The Morgan fingerprint density at radius 1 is 1.44 bits per heavy atom. The number of rotatable bonds is 3. The number of carboxylic acid groups (broad SMARTS) is 1. The van der Waals surface area contributed by atoms with Crippen LogP contribution in [0.3, 0.4) is 0 Å². The van der Waals surface area contributed by atoms with Crippen LogP contribution in [0, 0.1) is 0 Å². The molecule has 1 aliphatic rings. The minimum atomic E-state index is -0.814. The second kappa shape index (κ2) is 4.67. The molecule has 0 amide bonds. The summed E-state index contributed by atoms with van der Waals surface area (Å²) in [4.78, 5) is 15.5. The standard InChI is InChI=1S/C11H16N2O3/c1-12-3-5-13(6-4-12)10(11(14)15)9-2-7-16-8-9/h2,7-8,10H,3-6H2,1H3,(H,14,15). The number of hydrogen-bond donors (Lipinski definition) is 1. The van der Waals surface area contributed by atoms with E-state index in [1.807, 2.05) is 11.9 Å². The van der Waals surface area contributed by atoms with Crippen molar-refractivity contribution in [3.63, 3.8) is 0 Å². The molecule has 2 rings (SSSR count). The summed E-state index contributed by atoms with van der Waals surface area (Å²) in [6.45, 7) is 3.36. The summed E-state index contributed by atoms with van der Waals surface area (Å²) < 4.78 is 4.96. The van der Waals surface area contributed by atoms with Crippen molar-refractivity contribution in [3.8, 4) is 0 Å². The molecule has 88 valence electrons. The van der Waals surface area contributed by atoms with E-state index in [-0.39, 0.29) is 0 Å². The van der Waals surface area contributed by atoms with Crippen LogP contribution in [0.5, 0.6) is 0 Å². The van der Waals surface area contributed by atoms with Gasteiger partial charge in [-0.3, -0.25) is 9.69 Å². The number of furan rings is 1. The van der Waals surface area contributed by atoms with Gasteiger partial charge in [-0.2, -0.15) is 0 Å². The monoisotopic (exact) mass is 224 g/mol. The number of carbonyl (C=O) groups is 1. The highest BCUT2D eigenvalue weighted by Crippen LogP contribution is 2.22. The number of nitrogens with zero attached hydrogens (tertiary/aromatic N) is 2. The first-order valence-corrected chi connectivity index (χ1v) is 5.36. The number of aliphatic carboxylic acids is 1. The van der Waals surface area contributed by atoms with Crippen molar-refractivity contribution in [1.29, 1.82) is 0 Å². The molecule has 2 heterocycles. The Kier molecular flexibility index (Phi) is 3.26. The lowest BCUT2D eigenvalue weighted by molar-refractivity contribution is -0.144. The fraction of sp³-hybridized carbons (Fsp3) is 0.545. The zero-order chi connectivity index (χ0) is 11.5. The fourth-order valence-electron chi connectivity index (χ4n) is 2.02. The van der Waals surface area contributed by atoms with Crippen molar-refractivity contribution in [2.24, 2.45) is 0 Å². The van der Waals surface area contributed by atoms with Crippen LogP contribution in [0.4, 0.5) is 0 Å². The first kappa shape index (κ1) is 11.2. The van der Waals surface area contributed by atoms with Gasteiger partial charge in [-0.1, -0.05) is 0 Å². The summed E-state index contributed by atoms with van der Waals surface area (Å²) in [5.41, 5.74) is 0.719. The zero-order valence-electron chi connectivity index (χ0n) is 9.30. The molecule has 1 aliphatic heterocycles. The number of carboxylic acids is 1. The highest BCUT2D eigenvalue weighted by atomic mass is 16.4. The molecule has 0 radical (unpaired) electrons. The van der Waals surface area contributed by atoms with Gasteiger partial charge in [0, 0.05) is 31.7 Å². The summed E-state index contributed by atoms with van der Waals surface area (Å²) in [6, 6.07) is 1.14. The van der Waals surface area contributed by atoms with Crippen molar-refractivity contribution >= 4 is 5.97 Å². The van der Waals surface area contributed by atoms with Gasteiger partial charge < -0.3 is 14.4 Å². The van der Waals surface area contributed by atoms with Crippen molar-refractivity contribution < 1.29 is 14.3 Å². The van der Waals surface area contributed by atoms with Gasteiger partial charge in [-0.05, 0) is 13.1 Å². The van der Waals surface area contributed by atoms with Crippen LogP contribution in [0.15, 0.2) is 23.0 Å². The molecule has 1 aromatic heterocycles. The van der Waals surface area contributed by atoms with Gasteiger partial charge in [0.25, 0.3) is 0 Å². The molecule has 1 unspecified atom stereocenters. The van der Waals surface area contributed by atoms with Crippen molar-refractivity contribution in [2.75, 3.05) is 33.2 Å². The van der Waals surface area contributed by atoms with E-state index in [4.69, 9.17) is 4.42 Å². The molecule has 16 heavy (non-hydrogen) atoms. The molecule has 0 aliphatic carbocycles. The highest BCUT2D eigenvalue weighted by Gasteiger charge is 2.30. The molecule has 0 saturated carbocycles. The average molecular weight is 224 g/mol. The van der Waals surface area contributed by atoms with Crippen molar-refractivity contribution in [3.05, 3.63) is 24.2 Å². The number of hydrogen-bond acceptors (Lipinski definition) is 4. The first-order valence-electron chi connectivity index (χ1n) is 5.36. The maximum absolute atomic E-state index is 11.3. The van der Waals surface area contributed by atoms with Gasteiger partial charge in [-0.15, -0.1) is 0 Å².